The Morgan fingerprint density at radius 1 is 1.69 bits per heavy atom. The Labute approximate surface area is 101 Å². The Morgan fingerprint density at radius 3 is 2.88 bits per heavy atom. The molecule has 1 aromatic rings. The highest BCUT2D eigenvalue weighted by Crippen LogP contribution is 2.22. The molecular formula is C11H17ClN4. The van der Waals surface area contributed by atoms with E-state index in [0.29, 0.717) is 11.6 Å². The van der Waals surface area contributed by atoms with Gasteiger partial charge in [0.15, 0.2) is 0 Å². The molecule has 5 heteroatoms. The molecule has 0 aliphatic heterocycles. The predicted molar refractivity (Wildman–Crippen MR) is 68.2 cm³/mol. The molecule has 1 aromatic heterocycles. The van der Waals surface area contributed by atoms with Gasteiger partial charge in [-0.15, -0.1) is 0 Å². The number of hydrogen-bond donors (Lipinski definition) is 2. The lowest BCUT2D eigenvalue weighted by molar-refractivity contribution is 0.690. The van der Waals surface area contributed by atoms with Gasteiger partial charge < -0.3 is 10.6 Å². The third kappa shape index (κ3) is 3.10. The first-order valence-corrected chi connectivity index (χ1v) is 5.63. The molecule has 1 heterocycles. The average molecular weight is 241 g/mol. The molecule has 1 rings (SSSR count). The normalized spacial score (nSPS) is 12.2. The van der Waals surface area contributed by atoms with Crippen LogP contribution in [-0.2, 0) is 0 Å². The van der Waals surface area contributed by atoms with Gasteiger partial charge in [-0.2, -0.15) is 0 Å². The standard InChI is InChI=1S/C11H17ClN4/c1-3-16(7-8(2)10(13)14)11-9(12)5-4-6-15-11/h4-6,8H,3,7H2,1-2H3,(H3,13,14). The summed E-state index contributed by atoms with van der Waals surface area (Å²) in [7, 11) is 0. The Morgan fingerprint density at radius 2 is 2.38 bits per heavy atom. The molecule has 16 heavy (non-hydrogen) atoms. The van der Waals surface area contributed by atoms with Crippen LogP contribution in [0, 0.1) is 11.3 Å². The van der Waals surface area contributed by atoms with Gasteiger partial charge in [0.1, 0.15) is 5.82 Å². The zero-order valence-corrected chi connectivity index (χ0v) is 10.3. The Kier molecular flexibility index (Phi) is 4.55. The van der Waals surface area contributed by atoms with E-state index in [4.69, 9.17) is 22.7 Å². The van der Waals surface area contributed by atoms with Gasteiger partial charge in [-0.1, -0.05) is 18.5 Å². The van der Waals surface area contributed by atoms with E-state index < -0.39 is 0 Å². The van der Waals surface area contributed by atoms with E-state index in [1.165, 1.54) is 0 Å². The zero-order valence-electron chi connectivity index (χ0n) is 9.57. The zero-order chi connectivity index (χ0) is 12.1. The summed E-state index contributed by atoms with van der Waals surface area (Å²) in [5.41, 5.74) is 5.46. The highest BCUT2D eigenvalue weighted by Gasteiger charge is 2.14. The summed E-state index contributed by atoms with van der Waals surface area (Å²) in [6.07, 6.45) is 1.71. The highest BCUT2D eigenvalue weighted by atomic mass is 35.5. The van der Waals surface area contributed by atoms with Gasteiger partial charge in [-0.05, 0) is 19.1 Å². The minimum absolute atomic E-state index is 0.00183. The number of aromatic nitrogens is 1. The Hall–Kier alpha value is -1.29. The van der Waals surface area contributed by atoms with Crippen molar-refractivity contribution < 1.29 is 0 Å². The first-order chi connectivity index (χ1) is 7.56. The van der Waals surface area contributed by atoms with Crippen molar-refractivity contribution in [2.45, 2.75) is 13.8 Å². The lowest BCUT2D eigenvalue weighted by Gasteiger charge is -2.25. The lowest BCUT2D eigenvalue weighted by atomic mass is 10.1. The Balaban J connectivity index is 2.83. The van der Waals surface area contributed by atoms with Crippen LogP contribution in [0.4, 0.5) is 5.82 Å². The summed E-state index contributed by atoms with van der Waals surface area (Å²) in [4.78, 5) is 6.27. The van der Waals surface area contributed by atoms with Gasteiger partial charge in [0.25, 0.3) is 0 Å². The van der Waals surface area contributed by atoms with E-state index in [9.17, 15) is 0 Å². The smallest absolute Gasteiger partial charge is 0.147 e. The lowest BCUT2D eigenvalue weighted by Crippen LogP contribution is -2.35. The molecule has 0 amide bonds. The number of hydrogen-bond acceptors (Lipinski definition) is 3. The van der Waals surface area contributed by atoms with Crippen molar-refractivity contribution >= 4 is 23.3 Å². The van der Waals surface area contributed by atoms with E-state index in [1.54, 1.807) is 12.3 Å². The van der Waals surface area contributed by atoms with Crippen LogP contribution in [0.1, 0.15) is 13.8 Å². The molecule has 0 bridgehead atoms. The number of amidine groups is 1. The summed E-state index contributed by atoms with van der Waals surface area (Å²) >= 11 is 6.07. The summed E-state index contributed by atoms with van der Waals surface area (Å²) in [6, 6.07) is 3.61. The van der Waals surface area contributed by atoms with Gasteiger partial charge >= 0.3 is 0 Å². The summed E-state index contributed by atoms with van der Waals surface area (Å²) in [6.45, 7) is 5.39. The maximum atomic E-state index is 7.38. The maximum Gasteiger partial charge on any atom is 0.147 e. The van der Waals surface area contributed by atoms with Crippen molar-refractivity contribution in [2.75, 3.05) is 18.0 Å². The van der Waals surface area contributed by atoms with Gasteiger partial charge in [0.2, 0.25) is 0 Å². The number of pyridine rings is 1. The van der Waals surface area contributed by atoms with Crippen molar-refractivity contribution in [3.63, 3.8) is 0 Å². The fourth-order valence-corrected chi connectivity index (χ4v) is 1.65. The molecule has 0 saturated carbocycles. The van der Waals surface area contributed by atoms with E-state index in [0.717, 1.165) is 12.4 Å². The minimum Gasteiger partial charge on any atom is -0.387 e. The number of nitrogens with one attached hydrogen (secondary N) is 1. The van der Waals surface area contributed by atoms with Crippen LogP contribution in [0.3, 0.4) is 0 Å². The van der Waals surface area contributed by atoms with Crippen molar-refractivity contribution in [1.82, 2.24) is 4.98 Å². The van der Waals surface area contributed by atoms with Crippen LogP contribution in [0.25, 0.3) is 0 Å². The van der Waals surface area contributed by atoms with E-state index in [-0.39, 0.29) is 11.8 Å². The molecule has 0 radical (unpaired) electrons. The highest BCUT2D eigenvalue weighted by molar-refractivity contribution is 6.32. The van der Waals surface area contributed by atoms with Gasteiger partial charge in [-0.25, -0.2) is 4.98 Å². The molecule has 0 spiro atoms. The molecule has 0 aliphatic carbocycles. The van der Waals surface area contributed by atoms with Gasteiger partial charge in [0.05, 0.1) is 10.9 Å². The molecule has 0 fully saturated rings. The number of nitrogens with two attached hydrogens (primary N) is 1. The largest absolute Gasteiger partial charge is 0.387 e. The second-order valence-electron chi connectivity index (χ2n) is 3.70. The third-order valence-electron chi connectivity index (χ3n) is 2.45. The predicted octanol–water partition coefficient (Wildman–Crippen LogP) is 2.13. The van der Waals surface area contributed by atoms with Gasteiger partial charge in [0, 0.05) is 25.2 Å². The molecule has 4 nitrogen and oxygen atoms in total. The number of rotatable bonds is 5. The fraction of sp³-hybridized carbons (Fsp3) is 0.455. The SMILES string of the molecule is CCN(CC(C)C(=N)N)c1ncccc1Cl. The van der Waals surface area contributed by atoms with E-state index >= 15 is 0 Å². The first kappa shape index (κ1) is 12.8. The molecule has 1 unspecified atom stereocenters. The number of anilines is 1. The minimum atomic E-state index is -0.00183. The van der Waals surface area contributed by atoms with Crippen molar-refractivity contribution in [3.05, 3.63) is 23.4 Å². The van der Waals surface area contributed by atoms with Crippen LogP contribution in [0.2, 0.25) is 5.02 Å². The monoisotopic (exact) mass is 240 g/mol. The quantitative estimate of drug-likeness (QED) is 0.612. The Bertz CT molecular complexity index is 367. The molecule has 0 aliphatic rings. The second kappa shape index (κ2) is 5.70. The maximum absolute atomic E-state index is 7.38. The van der Waals surface area contributed by atoms with Crippen LogP contribution in [-0.4, -0.2) is 23.9 Å². The van der Waals surface area contributed by atoms with Crippen molar-refractivity contribution in [2.24, 2.45) is 11.7 Å². The summed E-state index contributed by atoms with van der Waals surface area (Å²) < 4.78 is 0. The molecule has 3 N–H and O–H groups in total. The molecule has 88 valence electrons. The van der Waals surface area contributed by atoms with Crippen LogP contribution >= 0.6 is 11.6 Å². The van der Waals surface area contributed by atoms with Gasteiger partial charge in [-0.3, -0.25) is 5.41 Å². The molecule has 1 atom stereocenters. The van der Waals surface area contributed by atoms with Crippen molar-refractivity contribution in [1.29, 1.82) is 5.41 Å². The summed E-state index contributed by atoms with van der Waals surface area (Å²) in [5, 5.41) is 8.01. The molecule has 0 aromatic carbocycles. The van der Waals surface area contributed by atoms with Crippen molar-refractivity contribution in [3.8, 4) is 0 Å². The fourth-order valence-electron chi connectivity index (χ4n) is 1.40. The topological polar surface area (TPSA) is 66.0 Å². The van der Waals surface area contributed by atoms with E-state index in [2.05, 4.69) is 4.98 Å². The third-order valence-corrected chi connectivity index (χ3v) is 2.74. The summed E-state index contributed by atoms with van der Waals surface area (Å²) in [5.74, 6) is 0.934. The van der Waals surface area contributed by atoms with Crippen LogP contribution in [0.15, 0.2) is 18.3 Å². The number of halogens is 1. The van der Waals surface area contributed by atoms with Crippen LogP contribution < -0.4 is 10.6 Å². The molecular weight excluding hydrogens is 224 g/mol. The average Bonchev–Trinajstić information content (AvgIpc) is 2.26. The molecule has 0 saturated heterocycles. The first-order valence-electron chi connectivity index (χ1n) is 5.25. The number of nitrogens with zero attached hydrogens (tertiary/aromatic N) is 2. The second-order valence-corrected chi connectivity index (χ2v) is 4.11. The van der Waals surface area contributed by atoms with E-state index in [1.807, 2.05) is 24.8 Å². The van der Waals surface area contributed by atoms with Crippen LogP contribution in [0.5, 0.6) is 0 Å².